The van der Waals surface area contributed by atoms with Gasteiger partial charge in [-0.15, -0.1) is 0 Å². The average molecular weight is 714 g/mol. The molecule has 0 heterocycles. The van der Waals surface area contributed by atoms with E-state index in [1.165, 1.54) is 32.1 Å². The van der Waals surface area contributed by atoms with Crippen LogP contribution in [-0.4, -0.2) is 70.0 Å². The van der Waals surface area contributed by atoms with Gasteiger partial charge in [0.25, 0.3) is 7.82 Å². The number of carbonyl (C=O) groups excluding carboxylic acids is 2. The van der Waals surface area contributed by atoms with E-state index >= 15 is 0 Å². The summed E-state index contributed by atoms with van der Waals surface area (Å²) in [5, 5.41) is 0. The third-order valence-corrected chi connectivity index (χ3v) is 8.83. The summed E-state index contributed by atoms with van der Waals surface area (Å²) in [5.41, 5.74) is 0. The molecule has 0 aliphatic rings. The van der Waals surface area contributed by atoms with Crippen molar-refractivity contribution < 1.29 is 42.1 Å². The van der Waals surface area contributed by atoms with Crippen molar-refractivity contribution in [2.75, 3.05) is 47.5 Å². The Morgan fingerprint density at radius 1 is 0.633 bits per heavy atom. The largest absolute Gasteiger partial charge is 0.756 e. The molecule has 0 spiro atoms. The van der Waals surface area contributed by atoms with Gasteiger partial charge in [0.05, 0.1) is 27.7 Å². The number of rotatable bonds is 34. The standard InChI is InChI=1S/C39H72NO8P/c1-6-8-10-12-14-16-18-19-20-21-22-24-26-28-30-32-39(42)48-37(36-47-49(43,44)46-34-33-40(3,4)5)35-45-38(41)31-29-27-25-23-17-15-13-11-9-7-2/h11,13-14,16,19-20,37H,6-10,12,15,17-18,21-36H2,1-5H3/b13-11-,16-14-,20-19-. The second-order valence-electron chi connectivity index (χ2n) is 13.9. The molecule has 0 aromatic heterocycles. The van der Waals surface area contributed by atoms with Gasteiger partial charge >= 0.3 is 11.9 Å². The average Bonchev–Trinajstić information content (AvgIpc) is 3.04. The number of esters is 2. The summed E-state index contributed by atoms with van der Waals surface area (Å²) in [6.07, 6.45) is 33.2. The second kappa shape index (κ2) is 32.2. The van der Waals surface area contributed by atoms with Crippen molar-refractivity contribution in [3.8, 4) is 0 Å². The maximum absolute atomic E-state index is 12.6. The van der Waals surface area contributed by atoms with Crippen LogP contribution in [0.3, 0.4) is 0 Å². The van der Waals surface area contributed by atoms with E-state index in [2.05, 4.69) is 50.3 Å². The molecule has 0 saturated carbocycles. The molecule has 2 atom stereocenters. The van der Waals surface area contributed by atoms with Gasteiger partial charge in [-0.1, -0.05) is 108 Å². The van der Waals surface area contributed by atoms with Gasteiger partial charge in [-0.2, -0.15) is 0 Å². The number of carbonyl (C=O) groups is 2. The smallest absolute Gasteiger partial charge is 0.306 e. The van der Waals surface area contributed by atoms with Crippen molar-refractivity contribution in [1.29, 1.82) is 0 Å². The highest BCUT2D eigenvalue weighted by Crippen LogP contribution is 2.38. The van der Waals surface area contributed by atoms with E-state index in [4.69, 9.17) is 18.5 Å². The molecule has 0 aliphatic heterocycles. The van der Waals surface area contributed by atoms with Crippen LogP contribution in [0.2, 0.25) is 0 Å². The van der Waals surface area contributed by atoms with Crippen molar-refractivity contribution in [2.45, 2.75) is 155 Å². The van der Waals surface area contributed by atoms with Crippen molar-refractivity contribution in [1.82, 2.24) is 0 Å². The summed E-state index contributed by atoms with van der Waals surface area (Å²) >= 11 is 0. The molecular weight excluding hydrogens is 641 g/mol. The van der Waals surface area contributed by atoms with Gasteiger partial charge in [0.15, 0.2) is 6.10 Å². The van der Waals surface area contributed by atoms with Crippen LogP contribution in [0.4, 0.5) is 0 Å². The lowest BCUT2D eigenvalue weighted by molar-refractivity contribution is -0.870. The molecule has 0 fully saturated rings. The van der Waals surface area contributed by atoms with Crippen molar-refractivity contribution in [3.05, 3.63) is 36.5 Å². The van der Waals surface area contributed by atoms with Crippen molar-refractivity contribution >= 4 is 19.8 Å². The number of hydrogen-bond donors (Lipinski definition) is 0. The van der Waals surface area contributed by atoms with Crippen LogP contribution in [0, 0.1) is 0 Å². The van der Waals surface area contributed by atoms with Crippen LogP contribution < -0.4 is 4.89 Å². The highest BCUT2D eigenvalue weighted by molar-refractivity contribution is 7.45. The van der Waals surface area contributed by atoms with Crippen LogP contribution >= 0.6 is 7.82 Å². The molecule has 0 radical (unpaired) electrons. The number of nitrogens with zero attached hydrogens (tertiary/aromatic N) is 1. The number of allylic oxidation sites excluding steroid dienone is 6. The van der Waals surface area contributed by atoms with Crippen LogP contribution in [0.1, 0.15) is 149 Å². The highest BCUT2D eigenvalue weighted by Gasteiger charge is 2.21. The number of unbranched alkanes of at least 4 members (excludes halogenated alkanes) is 14. The van der Waals surface area contributed by atoms with Gasteiger partial charge in [-0.3, -0.25) is 14.2 Å². The predicted molar refractivity (Wildman–Crippen MR) is 199 cm³/mol. The zero-order chi connectivity index (χ0) is 36.5. The number of ether oxygens (including phenoxy) is 2. The lowest BCUT2D eigenvalue weighted by Crippen LogP contribution is -2.37. The quantitative estimate of drug-likeness (QED) is 0.0213. The second-order valence-corrected chi connectivity index (χ2v) is 15.3. The molecule has 0 bridgehead atoms. The molecule has 0 aliphatic carbocycles. The number of quaternary nitrogens is 1. The third-order valence-electron chi connectivity index (χ3n) is 7.86. The summed E-state index contributed by atoms with van der Waals surface area (Å²) in [4.78, 5) is 37.3. The number of phosphoric ester groups is 1. The molecule has 9 nitrogen and oxygen atoms in total. The fourth-order valence-electron chi connectivity index (χ4n) is 4.80. The first-order valence-electron chi connectivity index (χ1n) is 19.2. The molecule has 286 valence electrons. The lowest BCUT2D eigenvalue weighted by Gasteiger charge is -2.28. The van der Waals surface area contributed by atoms with Crippen LogP contribution in [0.15, 0.2) is 36.5 Å². The lowest BCUT2D eigenvalue weighted by atomic mass is 10.1. The molecule has 10 heteroatoms. The Hall–Kier alpha value is -1.77. The Morgan fingerprint density at radius 2 is 1.14 bits per heavy atom. The van der Waals surface area contributed by atoms with E-state index in [0.29, 0.717) is 23.9 Å². The van der Waals surface area contributed by atoms with Gasteiger partial charge in [-0.05, 0) is 64.2 Å². The Morgan fingerprint density at radius 3 is 1.71 bits per heavy atom. The predicted octanol–water partition coefficient (Wildman–Crippen LogP) is 9.55. The topological polar surface area (TPSA) is 111 Å². The zero-order valence-electron chi connectivity index (χ0n) is 31.9. The first-order valence-corrected chi connectivity index (χ1v) is 20.7. The minimum absolute atomic E-state index is 0.0356. The summed E-state index contributed by atoms with van der Waals surface area (Å²) in [6.45, 7) is 4.08. The Bertz CT molecular complexity index is 944. The molecular formula is C39H72NO8P. The van der Waals surface area contributed by atoms with E-state index < -0.39 is 32.5 Å². The number of hydrogen-bond acceptors (Lipinski definition) is 8. The molecule has 0 amide bonds. The molecule has 2 unspecified atom stereocenters. The Labute approximate surface area is 300 Å². The minimum atomic E-state index is -4.62. The fourth-order valence-corrected chi connectivity index (χ4v) is 5.53. The SMILES string of the molecule is CCC/C=C\CCCCCCCC(=O)OCC(COP(=O)([O-])OCC[N+](C)(C)C)OC(=O)CCCCCCC/C=C\C/C=C\CCCCC. The highest BCUT2D eigenvalue weighted by atomic mass is 31.2. The van der Waals surface area contributed by atoms with Gasteiger partial charge in [0, 0.05) is 12.8 Å². The maximum Gasteiger partial charge on any atom is 0.306 e. The third kappa shape index (κ3) is 35.8. The van der Waals surface area contributed by atoms with Crippen LogP contribution in [0.5, 0.6) is 0 Å². The van der Waals surface area contributed by atoms with Crippen molar-refractivity contribution in [2.24, 2.45) is 0 Å². The number of phosphoric acid groups is 1. The van der Waals surface area contributed by atoms with E-state index in [1.54, 1.807) is 0 Å². The van der Waals surface area contributed by atoms with E-state index in [-0.39, 0.29) is 26.1 Å². The minimum Gasteiger partial charge on any atom is -0.756 e. The van der Waals surface area contributed by atoms with Crippen LogP contribution in [0.25, 0.3) is 0 Å². The fraction of sp³-hybridized carbons (Fsp3) is 0.795. The monoisotopic (exact) mass is 713 g/mol. The normalized spacial score (nSPS) is 14.2. The molecule has 0 aromatic carbocycles. The van der Waals surface area contributed by atoms with Gasteiger partial charge in [0.1, 0.15) is 19.8 Å². The molecule has 0 aromatic rings. The summed E-state index contributed by atoms with van der Waals surface area (Å²) in [7, 11) is 1.14. The van der Waals surface area contributed by atoms with Gasteiger partial charge < -0.3 is 27.9 Å². The molecule has 0 saturated heterocycles. The first-order chi connectivity index (χ1) is 23.5. The Balaban J connectivity index is 4.47. The van der Waals surface area contributed by atoms with E-state index in [9.17, 15) is 19.0 Å². The van der Waals surface area contributed by atoms with Gasteiger partial charge in [0.2, 0.25) is 0 Å². The Kier molecular flexibility index (Phi) is 31.0. The summed E-state index contributed by atoms with van der Waals surface area (Å²) in [6, 6.07) is 0. The maximum atomic E-state index is 12.6. The van der Waals surface area contributed by atoms with Crippen molar-refractivity contribution in [3.63, 3.8) is 0 Å². The first kappa shape index (κ1) is 47.2. The summed E-state index contributed by atoms with van der Waals surface area (Å²) in [5.74, 6) is -0.867. The van der Waals surface area contributed by atoms with Gasteiger partial charge in [-0.25, -0.2) is 0 Å². The van der Waals surface area contributed by atoms with E-state index in [0.717, 1.165) is 77.0 Å². The zero-order valence-corrected chi connectivity index (χ0v) is 32.8. The summed E-state index contributed by atoms with van der Waals surface area (Å²) < 4.78 is 33.7. The van der Waals surface area contributed by atoms with Crippen LogP contribution in [-0.2, 0) is 32.7 Å². The number of likely N-dealkylation sites (N-methyl/N-ethyl adjacent to an activating group) is 1. The molecule has 0 N–H and O–H groups in total. The molecule has 49 heavy (non-hydrogen) atoms. The van der Waals surface area contributed by atoms with E-state index in [1.807, 2.05) is 21.1 Å². The molecule has 0 rings (SSSR count).